The Morgan fingerprint density at radius 1 is 1.00 bits per heavy atom. The number of benzene rings is 1. The van der Waals surface area contributed by atoms with Crippen LogP contribution in [0.1, 0.15) is 60.6 Å². The molecule has 2 aliphatic heterocycles. The third-order valence-corrected chi connectivity index (χ3v) is 5.95. The molecule has 1 amide bonds. The highest BCUT2D eigenvalue weighted by Crippen LogP contribution is 2.32. The molecule has 2 saturated heterocycles. The maximum Gasteiger partial charge on any atom is 0.273 e. The molecule has 2 aliphatic rings. The second-order valence-corrected chi connectivity index (χ2v) is 7.73. The Kier molecular flexibility index (Phi) is 5.79. The molecule has 2 aromatic rings. The molecule has 1 atom stereocenters. The lowest BCUT2D eigenvalue weighted by atomic mass is 10.00. The Morgan fingerprint density at radius 3 is 2.50 bits per heavy atom. The van der Waals surface area contributed by atoms with E-state index in [0.717, 1.165) is 56.8 Å². The summed E-state index contributed by atoms with van der Waals surface area (Å²) in [5.41, 5.74) is 2.85. The second-order valence-electron chi connectivity index (χ2n) is 7.73. The molecule has 0 saturated carbocycles. The molecule has 5 heteroatoms. The molecule has 148 valence electrons. The number of pyridine rings is 1. The fraction of sp³-hybridized carbons (Fsp3) is 0.478. The highest BCUT2D eigenvalue weighted by molar-refractivity contribution is 5.93. The van der Waals surface area contributed by atoms with E-state index >= 15 is 0 Å². The first-order valence-corrected chi connectivity index (χ1v) is 10.4. The minimum atomic E-state index is 0.0452. The molecule has 1 aromatic carbocycles. The van der Waals surface area contributed by atoms with Crippen molar-refractivity contribution in [3.63, 3.8) is 0 Å². The van der Waals surface area contributed by atoms with E-state index in [9.17, 15) is 4.79 Å². The van der Waals surface area contributed by atoms with Gasteiger partial charge in [-0.05, 0) is 55.5 Å². The van der Waals surface area contributed by atoms with Gasteiger partial charge >= 0.3 is 0 Å². The molecule has 5 nitrogen and oxygen atoms in total. The van der Waals surface area contributed by atoms with E-state index in [2.05, 4.69) is 22.0 Å². The van der Waals surface area contributed by atoms with Crippen LogP contribution in [-0.2, 0) is 0 Å². The molecule has 1 aromatic heterocycles. The van der Waals surface area contributed by atoms with Gasteiger partial charge in [-0.25, -0.2) is 0 Å². The standard InChI is InChI=1S/C23H29N3O2/c1-28-20-10-8-18(9-11-20)22-7-3-2-4-16-26(22)23(27)21-17-19(12-13-24-21)25-14-5-6-15-25/h8-13,17,22H,2-7,14-16H2,1H3. The molecular weight excluding hydrogens is 350 g/mol. The van der Waals surface area contributed by atoms with Gasteiger partial charge in [0.1, 0.15) is 11.4 Å². The van der Waals surface area contributed by atoms with Crippen LogP contribution in [0.15, 0.2) is 42.6 Å². The van der Waals surface area contributed by atoms with Crippen molar-refractivity contribution in [3.05, 3.63) is 53.9 Å². The van der Waals surface area contributed by atoms with E-state index in [1.807, 2.05) is 29.2 Å². The normalized spacial score (nSPS) is 20.1. The molecule has 1 unspecified atom stereocenters. The summed E-state index contributed by atoms with van der Waals surface area (Å²) in [6.45, 7) is 2.91. The number of hydrogen-bond acceptors (Lipinski definition) is 4. The van der Waals surface area contributed by atoms with Crippen LogP contribution in [0.5, 0.6) is 5.75 Å². The number of likely N-dealkylation sites (tertiary alicyclic amines) is 1. The summed E-state index contributed by atoms with van der Waals surface area (Å²) in [4.78, 5) is 22.3. The van der Waals surface area contributed by atoms with Gasteiger partial charge in [-0.3, -0.25) is 9.78 Å². The number of ether oxygens (including phenoxy) is 1. The quantitative estimate of drug-likeness (QED) is 0.787. The van der Waals surface area contributed by atoms with Crippen molar-refractivity contribution in [1.29, 1.82) is 0 Å². The van der Waals surface area contributed by atoms with Gasteiger partial charge in [0.2, 0.25) is 0 Å². The highest BCUT2D eigenvalue weighted by atomic mass is 16.5. The van der Waals surface area contributed by atoms with Gasteiger partial charge in [0.05, 0.1) is 13.2 Å². The minimum absolute atomic E-state index is 0.0452. The van der Waals surface area contributed by atoms with Gasteiger partial charge in [-0.15, -0.1) is 0 Å². The first kappa shape index (κ1) is 18.8. The van der Waals surface area contributed by atoms with Crippen LogP contribution >= 0.6 is 0 Å². The fourth-order valence-electron chi connectivity index (χ4n) is 4.38. The smallest absolute Gasteiger partial charge is 0.273 e. The van der Waals surface area contributed by atoms with Crippen LogP contribution in [0, 0.1) is 0 Å². The van der Waals surface area contributed by atoms with Gasteiger partial charge < -0.3 is 14.5 Å². The van der Waals surface area contributed by atoms with Crippen molar-refractivity contribution in [2.45, 2.75) is 44.6 Å². The largest absolute Gasteiger partial charge is 0.497 e. The zero-order chi connectivity index (χ0) is 19.3. The molecular formula is C23H29N3O2. The predicted molar refractivity (Wildman–Crippen MR) is 111 cm³/mol. The minimum Gasteiger partial charge on any atom is -0.497 e. The van der Waals surface area contributed by atoms with Gasteiger partial charge in [-0.1, -0.05) is 25.0 Å². The topological polar surface area (TPSA) is 45.7 Å². The van der Waals surface area contributed by atoms with Crippen molar-refractivity contribution in [3.8, 4) is 5.75 Å². The number of hydrogen-bond donors (Lipinski definition) is 0. The molecule has 0 radical (unpaired) electrons. The SMILES string of the molecule is COc1ccc(C2CCCCCN2C(=O)c2cc(N3CCCC3)ccn2)cc1. The fourth-order valence-corrected chi connectivity index (χ4v) is 4.38. The van der Waals surface area contributed by atoms with Crippen molar-refractivity contribution in [2.75, 3.05) is 31.6 Å². The summed E-state index contributed by atoms with van der Waals surface area (Å²) in [7, 11) is 1.68. The summed E-state index contributed by atoms with van der Waals surface area (Å²) in [6, 6.07) is 12.2. The Labute approximate surface area is 167 Å². The lowest BCUT2D eigenvalue weighted by Crippen LogP contribution is -2.35. The number of amides is 1. The Balaban J connectivity index is 1.60. The summed E-state index contributed by atoms with van der Waals surface area (Å²) >= 11 is 0. The Hall–Kier alpha value is -2.56. The predicted octanol–water partition coefficient (Wildman–Crippen LogP) is 4.45. The monoisotopic (exact) mass is 379 g/mol. The highest BCUT2D eigenvalue weighted by Gasteiger charge is 2.28. The third-order valence-electron chi connectivity index (χ3n) is 5.95. The van der Waals surface area contributed by atoms with Crippen molar-refractivity contribution in [2.24, 2.45) is 0 Å². The number of nitrogens with zero attached hydrogens (tertiary/aromatic N) is 3. The molecule has 0 spiro atoms. The summed E-state index contributed by atoms with van der Waals surface area (Å²) in [5.74, 6) is 0.888. The molecule has 0 aliphatic carbocycles. The second kappa shape index (κ2) is 8.63. The van der Waals surface area contributed by atoms with Crippen molar-refractivity contribution >= 4 is 11.6 Å². The lowest BCUT2D eigenvalue weighted by Gasteiger charge is -2.30. The summed E-state index contributed by atoms with van der Waals surface area (Å²) < 4.78 is 5.29. The number of methoxy groups -OCH3 is 1. The van der Waals surface area contributed by atoms with Crippen LogP contribution in [0.4, 0.5) is 5.69 Å². The van der Waals surface area contributed by atoms with E-state index in [-0.39, 0.29) is 11.9 Å². The Bertz CT molecular complexity index is 800. The molecule has 0 N–H and O–H groups in total. The number of anilines is 1. The van der Waals surface area contributed by atoms with Crippen molar-refractivity contribution < 1.29 is 9.53 Å². The first-order valence-electron chi connectivity index (χ1n) is 10.4. The van der Waals surface area contributed by atoms with Crippen molar-refractivity contribution in [1.82, 2.24) is 9.88 Å². The van der Waals surface area contributed by atoms with Crippen LogP contribution in [-0.4, -0.2) is 42.5 Å². The number of carbonyl (C=O) groups excluding carboxylic acids is 1. The number of carbonyl (C=O) groups is 1. The summed E-state index contributed by atoms with van der Waals surface area (Å²) in [6.07, 6.45) is 8.56. The zero-order valence-electron chi connectivity index (χ0n) is 16.6. The summed E-state index contributed by atoms with van der Waals surface area (Å²) in [5, 5.41) is 0. The molecule has 28 heavy (non-hydrogen) atoms. The van der Waals surface area contributed by atoms with Crippen LogP contribution in [0.3, 0.4) is 0 Å². The van der Waals surface area contributed by atoms with E-state index in [4.69, 9.17) is 4.74 Å². The molecule has 2 fully saturated rings. The molecule has 3 heterocycles. The van der Waals surface area contributed by atoms with Gasteiger partial charge in [-0.2, -0.15) is 0 Å². The van der Waals surface area contributed by atoms with E-state index in [1.165, 1.54) is 18.4 Å². The maximum absolute atomic E-state index is 13.4. The van der Waals surface area contributed by atoms with Gasteiger partial charge in [0.15, 0.2) is 0 Å². The molecule has 0 bridgehead atoms. The zero-order valence-corrected chi connectivity index (χ0v) is 16.6. The van der Waals surface area contributed by atoms with Crippen LogP contribution in [0.25, 0.3) is 0 Å². The Morgan fingerprint density at radius 2 is 1.75 bits per heavy atom. The number of rotatable bonds is 4. The molecule has 4 rings (SSSR count). The van der Waals surface area contributed by atoms with Gasteiger partial charge in [0, 0.05) is 31.5 Å². The average Bonchev–Trinajstić information content (AvgIpc) is 3.18. The average molecular weight is 380 g/mol. The van der Waals surface area contributed by atoms with Crippen LogP contribution < -0.4 is 9.64 Å². The number of aromatic nitrogens is 1. The third kappa shape index (κ3) is 3.98. The first-order chi connectivity index (χ1) is 13.8. The van der Waals surface area contributed by atoms with Gasteiger partial charge in [0.25, 0.3) is 5.91 Å². The van der Waals surface area contributed by atoms with E-state index in [1.54, 1.807) is 13.3 Å². The maximum atomic E-state index is 13.4. The van der Waals surface area contributed by atoms with E-state index < -0.39 is 0 Å². The lowest BCUT2D eigenvalue weighted by molar-refractivity contribution is 0.0675. The van der Waals surface area contributed by atoms with Crippen LogP contribution in [0.2, 0.25) is 0 Å². The van der Waals surface area contributed by atoms with E-state index in [0.29, 0.717) is 5.69 Å².